The number of carbonyl (C=O) groups excluding carboxylic acids is 1. The summed E-state index contributed by atoms with van der Waals surface area (Å²) >= 11 is 0. The lowest BCUT2D eigenvalue weighted by atomic mass is 9.98. The molecule has 3 atom stereocenters. The Morgan fingerprint density at radius 3 is 2.69 bits per heavy atom. The Balaban J connectivity index is 2.79. The van der Waals surface area contributed by atoms with E-state index < -0.39 is 17.7 Å². The number of aliphatic hydroxyl groups is 1. The molecule has 1 fully saturated rings. The van der Waals surface area contributed by atoms with Gasteiger partial charge in [-0.05, 0) is 26.2 Å². The van der Waals surface area contributed by atoms with Crippen molar-refractivity contribution in [2.24, 2.45) is 11.7 Å². The topological polar surface area (TPSA) is 90.4 Å². The van der Waals surface area contributed by atoms with Gasteiger partial charge >= 0.3 is 0 Å². The van der Waals surface area contributed by atoms with Crippen LogP contribution in [0.3, 0.4) is 0 Å². The molecule has 1 heterocycles. The summed E-state index contributed by atoms with van der Waals surface area (Å²) in [6.07, 6.45) is 0.681. The molecule has 3 unspecified atom stereocenters. The third kappa shape index (κ3) is 2.52. The normalized spacial score (nSPS) is 27.6. The van der Waals surface area contributed by atoms with E-state index in [0.717, 1.165) is 0 Å². The van der Waals surface area contributed by atoms with Crippen LogP contribution in [0, 0.1) is 17.2 Å². The molecule has 3 N–H and O–H groups in total. The van der Waals surface area contributed by atoms with Crippen LogP contribution in [-0.2, 0) is 4.79 Å². The van der Waals surface area contributed by atoms with Crippen LogP contribution in [0.2, 0.25) is 0 Å². The Morgan fingerprint density at radius 1 is 1.69 bits per heavy atom. The number of hydrogen-bond acceptors (Lipinski definition) is 4. The molecule has 1 saturated heterocycles. The third-order valence-corrected chi connectivity index (χ3v) is 2.97. The van der Waals surface area contributed by atoms with Crippen LogP contribution in [-0.4, -0.2) is 40.1 Å². The van der Waals surface area contributed by atoms with E-state index in [0.29, 0.717) is 18.9 Å². The monoisotopic (exact) mass is 225 g/mol. The molecule has 1 aliphatic heterocycles. The first-order valence-corrected chi connectivity index (χ1v) is 5.45. The number of nitriles is 1. The molecule has 1 rings (SSSR count). The third-order valence-electron chi connectivity index (χ3n) is 2.97. The fourth-order valence-electron chi connectivity index (χ4n) is 1.89. The van der Waals surface area contributed by atoms with Gasteiger partial charge in [0.1, 0.15) is 12.1 Å². The van der Waals surface area contributed by atoms with Crippen molar-refractivity contribution in [3.05, 3.63) is 0 Å². The van der Waals surface area contributed by atoms with Gasteiger partial charge < -0.3 is 15.7 Å². The van der Waals surface area contributed by atoms with E-state index in [9.17, 15) is 9.90 Å². The Kier molecular flexibility index (Phi) is 3.56. The minimum absolute atomic E-state index is 0.308. The molecular weight excluding hydrogens is 206 g/mol. The SMILES string of the molecule is CC1CC(C#N)N(C(=O)C(N)C(C)(C)O)C1. The second-order valence-electron chi connectivity index (χ2n) is 5.11. The van der Waals surface area contributed by atoms with E-state index >= 15 is 0 Å². The van der Waals surface area contributed by atoms with Crippen molar-refractivity contribution in [3.8, 4) is 6.07 Å². The molecule has 0 aromatic carbocycles. The Bertz CT molecular complexity index is 316. The molecule has 90 valence electrons. The second kappa shape index (κ2) is 4.40. The van der Waals surface area contributed by atoms with Crippen molar-refractivity contribution >= 4 is 5.91 Å². The Labute approximate surface area is 95.8 Å². The quantitative estimate of drug-likeness (QED) is 0.683. The van der Waals surface area contributed by atoms with Crippen molar-refractivity contribution in [2.45, 2.75) is 44.9 Å². The fourth-order valence-corrected chi connectivity index (χ4v) is 1.89. The molecule has 5 nitrogen and oxygen atoms in total. The predicted octanol–water partition coefficient (Wildman–Crippen LogP) is -0.155. The summed E-state index contributed by atoms with van der Waals surface area (Å²) in [6.45, 7) is 5.53. The van der Waals surface area contributed by atoms with E-state index in [4.69, 9.17) is 11.0 Å². The lowest BCUT2D eigenvalue weighted by molar-refractivity contribution is -0.137. The standard InChI is InChI=1S/C11H19N3O2/c1-7-4-8(5-12)14(6-7)10(15)9(13)11(2,3)16/h7-9,16H,4,6,13H2,1-3H3. The second-order valence-corrected chi connectivity index (χ2v) is 5.11. The smallest absolute Gasteiger partial charge is 0.243 e. The zero-order chi connectivity index (χ0) is 12.5. The van der Waals surface area contributed by atoms with Crippen molar-refractivity contribution in [2.75, 3.05) is 6.54 Å². The average Bonchev–Trinajstić information content (AvgIpc) is 2.55. The van der Waals surface area contributed by atoms with Crippen LogP contribution >= 0.6 is 0 Å². The van der Waals surface area contributed by atoms with Gasteiger partial charge in [0.05, 0.1) is 11.7 Å². The number of amides is 1. The maximum absolute atomic E-state index is 12.0. The van der Waals surface area contributed by atoms with Gasteiger partial charge in [0, 0.05) is 6.54 Å². The van der Waals surface area contributed by atoms with Crippen molar-refractivity contribution in [3.63, 3.8) is 0 Å². The Hall–Kier alpha value is -1.12. The molecule has 0 saturated carbocycles. The molecule has 1 aliphatic rings. The summed E-state index contributed by atoms with van der Waals surface area (Å²) in [7, 11) is 0. The predicted molar refractivity (Wildman–Crippen MR) is 59.2 cm³/mol. The number of hydrogen-bond donors (Lipinski definition) is 2. The number of rotatable bonds is 2. The minimum atomic E-state index is -1.26. The fraction of sp³-hybridized carbons (Fsp3) is 0.818. The minimum Gasteiger partial charge on any atom is -0.388 e. The average molecular weight is 225 g/mol. The maximum atomic E-state index is 12.0. The van der Waals surface area contributed by atoms with Gasteiger partial charge in [0.15, 0.2) is 0 Å². The highest BCUT2D eigenvalue weighted by atomic mass is 16.3. The van der Waals surface area contributed by atoms with Crippen molar-refractivity contribution < 1.29 is 9.90 Å². The highest BCUT2D eigenvalue weighted by molar-refractivity contribution is 5.83. The number of nitrogens with two attached hydrogens (primary N) is 1. The van der Waals surface area contributed by atoms with E-state index in [-0.39, 0.29) is 5.91 Å². The lowest BCUT2D eigenvalue weighted by Gasteiger charge is -2.30. The summed E-state index contributed by atoms with van der Waals surface area (Å²) < 4.78 is 0. The first kappa shape index (κ1) is 12.9. The zero-order valence-corrected chi connectivity index (χ0v) is 9.97. The first-order valence-electron chi connectivity index (χ1n) is 5.45. The molecule has 0 aromatic heterocycles. The van der Waals surface area contributed by atoms with Gasteiger partial charge in [-0.15, -0.1) is 0 Å². The summed E-state index contributed by atoms with van der Waals surface area (Å²) in [5, 5.41) is 18.6. The summed E-state index contributed by atoms with van der Waals surface area (Å²) in [6, 6.07) is 0.715. The van der Waals surface area contributed by atoms with Gasteiger partial charge in [-0.3, -0.25) is 4.79 Å². The van der Waals surface area contributed by atoms with E-state index in [1.165, 1.54) is 18.7 Å². The van der Waals surface area contributed by atoms with Gasteiger partial charge in [-0.25, -0.2) is 0 Å². The summed E-state index contributed by atoms with van der Waals surface area (Å²) in [4.78, 5) is 13.5. The summed E-state index contributed by atoms with van der Waals surface area (Å²) in [5.41, 5.74) is 4.42. The molecule has 0 aliphatic carbocycles. The van der Waals surface area contributed by atoms with Crippen LogP contribution in [0.15, 0.2) is 0 Å². The molecule has 0 bridgehead atoms. The van der Waals surface area contributed by atoms with E-state index in [2.05, 4.69) is 6.07 Å². The van der Waals surface area contributed by atoms with Gasteiger partial charge in [0.2, 0.25) is 5.91 Å². The Morgan fingerprint density at radius 2 is 2.25 bits per heavy atom. The first-order chi connectivity index (χ1) is 7.27. The maximum Gasteiger partial charge on any atom is 0.243 e. The molecular formula is C11H19N3O2. The van der Waals surface area contributed by atoms with Gasteiger partial charge in [0.25, 0.3) is 0 Å². The van der Waals surface area contributed by atoms with E-state index in [1.807, 2.05) is 6.92 Å². The molecule has 5 heteroatoms. The highest BCUT2D eigenvalue weighted by Gasteiger charge is 2.39. The lowest BCUT2D eigenvalue weighted by Crippen LogP contribution is -2.55. The zero-order valence-electron chi connectivity index (χ0n) is 9.97. The van der Waals surface area contributed by atoms with Gasteiger partial charge in [-0.1, -0.05) is 6.92 Å². The van der Waals surface area contributed by atoms with Crippen LogP contribution in [0.4, 0.5) is 0 Å². The molecule has 1 amide bonds. The van der Waals surface area contributed by atoms with Crippen LogP contribution in [0.5, 0.6) is 0 Å². The van der Waals surface area contributed by atoms with Crippen molar-refractivity contribution in [1.29, 1.82) is 5.26 Å². The van der Waals surface area contributed by atoms with Gasteiger partial charge in [-0.2, -0.15) is 5.26 Å². The number of nitrogens with zero attached hydrogens (tertiary/aromatic N) is 2. The largest absolute Gasteiger partial charge is 0.388 e. The molecule has 16 heavy (non-hydrogen) atoms. The highest BCUT2D eigenvalue weighted by Crippen LogP contribution is 2.24. The van der Waals surface area contributed by atoms with Crippen LogP contribution in [0.25, 0.3) is 0 Å². The number of carbonyl (C=O) groups is 1. The molecule has 0 spiro atoms. The van der Waals surface area contributed by atoms with Crippen LogP contribution < -0.4 is 5.73 Å². The molecule has 0 aromatic rings. The molecule has 0 radical (unpaired) electrons. The van der Waals surface area contributed by atoms with E-state index in [1.54, 1.807) is 0 Å². The number of likely N-dealkylation sites (tertiary alicyclic amines) is 1. The van der Waals surface area contributed by atoms with Crippen molar-refractivity contribution in [1.82, 2.24) is 4.90 Å². The van der Waals surface area contributed by atoms with Crippen LogP contribution in [0.1, 0.15) is 27.2 Å². The summed E-state index contributed by atoms with van der Waals surface area (Å²) in [5.74, 6) is -0.0361.